The van der Waals surface area contributed by atoms with Crippen LogP contribution >= 0.6 is 0 Å². The van der Waals surface area contributed by atoms with Gasteiger partial charge in [0.25, 0.3) is 11.8 Å². The van der Waals surface area contributed by atoms with Crippen LogP contribution in [0.2, 0.25) is 0 Å². The van der Waals surface area contributed by atoms with Gasteiger partial charge >= 0.3 is 6.03 Å². The fourth-order valence-corrected chi connectivity index (χ4v) is 4.78. The van der Waals surface area contributed by atoms with Gasteiger partial charge in [-0.25, -0.2) is 14.6 Å². The lowest BCUT2D eigenvalue weighted by molar-refractivity contribution is -0.121. The molecule has 0 bridgehead atoms. The summed E-state index contributed by atoms with van der Waals surface area (Å²) in [5.41, 5.74) is 6.73. The first-order valence-electron chi connectivity index (χ1n) is 12.1. The molecule has 0 saturated carbocycles. The minimum absolute atomic E-state index is 0.0754. The van der Waals surface area contributed by atoms with Gasteiger partial charge in [-0.2, -0.15) is 0 Å². The van der Waals surface area contributed by atoms with Gasteiger partial charge in [0.2, 0.25) is 0 Å². The second-order valence-electron chi connectivity index (χ2n) is 9.17. The molecular formula is C31H27N3O3. The summed E-state index contributed by atoms with van der Waals surface area (Å²) < 4.78 is 2.13. The van der Waals surface area contributed by atoms with Crippen LogP contribution in [0, 0.1) is 27.7 Å². The van der Waals surface area contributed by atoms with Crippen LogP contribution in [0.3, 0.4) is 0 Å². The third-order valence-corrected chi connectivity index (χ3v) is 6.87. The maximum absolute atomic E-state index is 13.7. The molecule has 1 saturated heterocycles. The third kappa shape index (κ3) is 4.06. The van der Waals surface area contributed by atoms with Crippen molar-refractivity contribution >= 4 is 35.3 Å². The number of benzene rings is 3. The lowest BCUT2D eigenvalue weighted by Crippen LogP contribution is -2.57. The number of anilines is 2. The highest BCUT2D eigenvalue weighted by Crippen LogP contribution is 2.31. The second-order valence-corrected chi connectivity index (χ2v) is 9.17. The van der Waals surface area contributed by atoms with Gasteiger partial charge in [0.05, 0.1) is 11.4 Å². The molecule has 5 rings (SSSR count). The molecule has 0 atom stereocenters. The average molecular weight is 490 g/mol. The van der Waals surface area contributed by atoms with Crippen LogP contribution in [0.15, 0.2) is 90.5 Å². The fraction of sp³-hybridized carbons (Fsp3) is 0.129. The highest BCUT2D eigenvalue weighted by molar-refractivity contribution is 6.46. The Morgan fingerprint density at radius 1 is 0.649 bits per heavy atom. The molecule has 4 aromatic rings. The number of nitrogens with zero attached hydrogens (tertiary/aromatic N) is 3. The minimum Gasteiger partial charge on any atom is -0.318 e. The van der Waals surface area contributed by atoms with Crippen molar-refractivity contribution in [1.82, 2.24) is 4.57 Å². The molecule has 1 aliphatic rings. The van der Waals surface area contributed by atoms with Crippen LogP contribution in [0.25, 0.3) is 11.8 Å². The summed E-state index contributed by atoms with van der Waals surface area (Å²) in [6, 6.07) is 24.7. The van der Waals surface area contributed by atoms with Gasteiger partial charge in [-0.1, -0.05) is 48.5 Å². The van der Waals surface area contributed by atoms with Gasteiger partial charge in [0.15, 0.2) is 0 Å². The van der Waals surface area contributed by atoms with E-state index < -0.39 is 17.8 Å². The highest BCUT2D eigenvalue weighted by Gasteiger charge is 2.43. The van der Waals surface area contributed by atoms with E-state index in [1.165, 1.54) is 5.56 Å². The average Bonchev–Trinajstić information content (AvgIpc) is 3.17. The van der Waals surface area contributed by atoms with E-state index in [1.807, 2.05) is 26.0 Å². The van der Waals surface area contributed by atoms with Crippen molar-refractivity contribution in [2.24, 2.45) is 0 Å². The minimum atomic E-state index is -0.703. The Labute approximate surface area is 216 Å². The lowest BCUT2D eigenvalue weighted by atomic mass is 10.0. The van der Waals surface area contributed by atoms with Crippen LogP contribution in [-0.2, 0) is 9.59 Å². The summed E-state index contributed by atoms with van der Waals surface area (Å²) in [5, 5.41) is 0. The van der Waals surface area contributed by atoms with E-state index in [4.69, 9.17) is 0 Å². The van der Waals surface area contributed by atoms with E-state index in [1.54, 1.807) is 66.7 Å². The maximum Gasteiger partial charge on any atom is 0.343 e. The smallest absolute Gasteiger partial charge is 0.318 e. The Morgan fingerprint density at radius 3 is 1.73 bits per heavy atom. The fourth-order valence-electron chi connectivity index (χ4n) is 4.78. The van der Waals surface area contributed by atoms with Crippen molar-refractivity contribution in [3.8, 4) is 5.69 Å². The molecule has 3 aromatic carbocycles. The number of imide groups is 2. The summed E-state index contributed by atoms with van der Waals surface area (Å²) in [4.78, 5) is 43.0. The first-order chi connectivity index (χ1) is 17.8. The molecule has 184 valence electrons. The normalized spacial score (nSPS) is 13.9. The standard InChI is InChI=1S/C31H27N3O3/c1-20-12-11-17-28(22(20)3)32-21(2)18-24(23(32)4)19-27-29(35)33(25-13-7-5-8-14-25)31(37)34(30(27)36)26-15-9-6-10-16-26/h5-19H,1-4H3. The molecule has 0 spiro atoms. The van der Waals surface area contributed by atoms with E-state index >= 15 is 0 Å². The highest BCUT2D eigenvalue weighted by atomic mass is 16.2. The molecular weight excluding hydrogens is 462 g/mol. The number of amides is 4. The molecule has 4 amide bonds. The van der Waals surface area contributed by atoms with E-state index in [9.17, 15) is 14.4 Å². The predicted octanol–water partition coefficient (Wildman–Crippen LogP) is 6.29. The number of barbiturate groups is 1. The Morgan fingerprint density at radius 2 is 1.19 bits per heavy atom. The number of carbonyl (C=O) groups excluding carboxylic acids is 3. The Kier molecular flexibility index (Phi) is 6.09. The van der Waals surface area contributed by atoms with E-state index in [-0.39, 0.29) is 5.57 Å². The zero-order valence-electron chi connectivity index (χ0n) is 21.2. The van der Waals surface area contributed by atoms with E-state index in [2.05, 4.69) is 30.5 Å². The molecule has 0 aliphatic carbocycles. The number of hydrogen-bond acceptors (Lipinski definition) is 3. The quantitative estimate of drug-likeness (QED) is 0.250. The molecule has 1 fully saturated rings. The maximum atomic E-state index is 13.7. The van der Waals surface area contributed by atoms with Crippen LogP contribution < -0.4 is 9.80 Å². The van der Waals surface area contributed by atoms with Crippen molar-refractivity contribution in [2.45, 2.75) is 27.7 Å². The monoisotopic (exact) mass is 489 g/mol. The Hall–Kier alpha value is -4.71. The number of hydrogen-bond donors (Lipinski definition) is 0. The molecule has 1 aliphatic heterocycles. The third-order valence-electron chi connectivity index (χ3n) is 6.87. The van der Waals surface area contributed by atoms with Gasteiger partial charge in [-0.15, -0.1) is 0 Å². The number of aryl methyl sites for hydroxylation is 2. The molecule has 0 unspecified atom stereocenters. The lowest BCUT2D eigenvalue weighted by Gasteiger charge is -2.33. The SMILES string of the molecule is Cc1cccc(-n2c(C)cc(C=C3C(=O)N(c4ccccc4)C(=O)N(c4ccccc4)C3=O)c2C)c1C. The molecule has 6 heteroatoms. The van der Waals surface area contributed by atoms with Gasteiger partial charge in [0, 0.05) is 17.1 Å². The molecule has 0 N–H and O–H groups in total. The zero-order chi connectivity index (χ0) is 26.3. The molecule has 1 aromatic heterocycles. The van der Waals surface area contributed by atoms with Crippen molar-refractivity contribution in [3.05, 3.63) is 119 Å². The van der Waals surface area contributed by atoms with Crippen LogP contribution in [0.5, 0.6) is 0 Å². The predicted molar refractivity (Wildman–Crippen MR) is 146 cm³/mol. The Bertz CT molecular complexity index is 1500. The first-order valence-corrected chi connectivity index (χ1v) is 12.1. The number of para-hydroxylation sites is 2. The number of carbonyl (C=O) groups is 3. The van der Waals surface area contributed by atoms with Crippen LogP contribution in [-0.4, -0.2) is 22.4 Å². The zero-order valence-corrected chi connectivity index (χ0v) is 21.2. The van der Waals surface area contributed by atoms with Crippen molar-refractivity contribution in [2.75, 3.05) is 9.80 Å². The number of rotatable bonds is 4. The molecule has 6 nitrogen and oxygen atoms in total. The molecule has 2 heterocycles. The van der Waals surface area contributed by atoms with Gasteiger partial charge in [0.1, 0.15) is 5.57 Å². The summed E-state index contributed by atoms with van der Waals surface area (Å²) in [7, 11) is 0. The second kappa shape index (κ2) is 9.39. The van der Waals surface area contributed by atoms with Gasteiger partial charge < -0.3 is 4.57 Å². The largest absolute Gasteiger partial charge is 0.343 e. The number of urea groups is 1. The number of aromatic nitrogens is 1. The van der Waals surface area contributed by atoms with Crippen LogP contribution in [0.4, 0.5) is 16.2 Å². The topological polar surface area (TPSA) is 62.6 Å². The first kappa shape index (κ1) is 24.0. The summed E-state index contributed by atoms with van der Waals surface area (Å²) in [6.45, 7) is 8.12. The summed E-state index contributed by atoms with van der Waals surface area (Å²) >= 11 is 0. The van der Waals surface area contributed by atoms with Crippen molar-refractivity contribution < 1.29 is 14.4 Å². The van der Waals surface area contributed by atoms with E-state index in [0.717, 1.165) is 38.0 Å². The molecule has 37 heavy (non-hydrogen) atoms. The Balaban J connectivity index is 1.67. The van der Waals surface area contributed by atoms with Crippen molar-refractivity contribution in [1.29, 1.82) is 0 Å². The summed E-state index contributed by atoms with van der Waals surface area (Å²) in [5.74, 6) is -1.30. The van der Waals surface area contributed by atoms with Gasteiger partial charge in [-0.05, 0) is 86.9 Å². The molecule has 0 radical (unpaired) electrons. The van der Waals surface area contributed by atoms with Gasteiger partial charge in [-0.3, -0.25) is 9.59 Å². The van der Waals surface area contributed by atoms with Crippen molar-refractivity contribution in [3.63, 3.8) is 0 Å². The van der Waals surface area contributed by atoms with E-state index in [0.29, 0.717) is 11.4 Å². The summed E-state index contributed by atoms with van der Waals surface area (Å²) in [6.07, 6.45) is 1.60. The van der Waals surface area contributed by atoms with Crippen LogP contribution in [0.1, 0.15) is 28.1 Å².